The van der Waals surface area contributed by atoms with Crippen molar-refractivity contribution in [2.24, 2.45) is 0 Å². The molecule has 18 rings (SSSR count). The first-order valence-corrected chi connectivity index (χ1v) is 31.5. The van der Waals surface area contributed by atoms with Crippen LogP contribution in [0, 0.1) is 0 Å². The minimum atomic E-state index is -1.44. The van der Waals surface area contributed by atoms with Crippen LogP contribution in [0.1, 0.15) is 0 Å². The number of benzene rings is 11. The molecule has 0 aliphatic rings. The summed E-state index contributed by atoms with van der Waals surface area (Å²) in [5.41, 5.74) is 15.5. The van der Waals surface area contributed by atoms with E-state index in [0.717, 1.165) is 60.9 Å². The summed E-state index contributed by atoms with van der Waals surface area (Å²) < 4.78 is 19.5. The van der Waals surface area contributed by atoms with Crippen LogP contribution in [0.25, 0.3) is 161 Å². The minimum Gasteiger partial charge on any atom is -0.436 e. The first-order valence-electron chi connectivity index (χ1n) is 28.3. The Balaban J connectivity index is 0.000000137. The van der Waals surface area contributed by atoms with E-state index in [4.69, 9.17) is 42.0 Å². The van der Waals surface area contributed by atoms with E-state index < -0.39 is 7.12 Å². The second-order valence-electron chi connectivity index (χ2n) is 21.3. The van der Waals surface area contributed by atoms with Crippen molar-refractivity contribution in [2.75, 3.05) is 0 Å². The van der Waals surface area contributed by atoms with E-state index in [1.165, 1.54) is 83.4 Å². The number of fused-ring (bicyclic) bond motifs is 15. The molecule has 418 valence electrons. The van der Waals surface area contributed by atoms with Gasteiger partial charge < -0.3 is 18.9 Å². The van der Waals surface area contributed by atoms with Gasteiger partial charge in [-0.05, 0) is 111 Å². The Labute approximate surface area is 524 Å². The van der Waals surface area contributed by atoms with Crippen molar-refractivity contribution in [2.45, 2.75) is 0 Å². The zero-order chi connectivity index (χ0) is 59.0. The number of hydrogen-bond acceptors (Lipinski definition) is 11. The van der Waals surface area contributed by atoms with E-state index in [1.807, 2.05) is 53.1 Å². The van der Waals surface area contributed by atoms with Gasteiger partial charge in [-0.2, -0.15) is 4.98 Å². The number of rotatable bonds is 6. The van der Waals surface area contributed by atoms with Crippen molar-refractivity contribution in [3.8, 4) is 55.8 Å². The maximum absolute atomic E-state index is 9.38. The van der Waals surface area contributed by atoms with Gasteiger partial charge in [0.2, 0.25) is 11.4 Å². The molecule has 0 spiro atoms. The van der Waals surface area contributed by atoms with Gasteiger partial charge in [-0.3, -0.25) is 0 Å². The van der Waals surface area contributed by atoms with Crippen molar-refractivity contribution in [1.29, 1.82) is 0 Å². The Bertz CT molecular complexity index is 5770. The van der Waals surface area contributed by atoms with Crippen LogP contribution in [0.5, 0.6) is 0 Å². The van der Waals surface area contributed by atoms with Crippen molar-refractivity contribution in [3.63, 3.8) is 0 Å². The fourth-order valence-corrected chi connectivity index (χ4v) is 15.9. The summed E-state index contributed by atoms with van der Waals surface area (Å²) in [5, 5.41) is 29.3. The van der Waals surface area contributed by atoms with Gasteiger partial charge in [0, 0.05) is 76.5 Å². The Morgan fingerprint density at radius 3 is 1.35 bits per heavy atom. The number of halogens is 2. The Hall–Kier alpha value is -9.60. The van der Waals surface area contributed by atoms with Gasteiger partial charge in [-0.15, -0.1) is 34.0 Å². The summed E-state index contributed by atoms with van der Waals surface area (Å²) in [4.78, 5) is 18.1. The molecular weight excluding hydrogens is 1190 g/mol. The maximum atomic E-state index is 9.38. The van der Waals surface area contributed by atoms with Crippen LogP contribution in [0.2, 0.25) is 10.2 Å². The van der Waals surface area contributed by atoms with E-state index in [-0.39, 0.29) is 0 Å². The number of nitrogens with zero attached hydrogens (tertiary/aromatic N) is 4. The SMILES string of the molecule is Clc1ccc2oc3nc(Cl)cnc3c2c1.OB(O)c1cccc(-c2cccc3c2sc2ccccc23)c1.c1cc(-c2ccc3oc4nc(-c5cccc(-c6cccc7c6sc6ccccc67)c5)cnc4c3c2)cc(-c2cccc3c2sc2ccccc23)c1. The molecule has 88 heavy (non-hydrogen) atoms. The van der Waals surface area contributed by atoms with Crippen LogP contribution < -0.4 is 5.46 Å². The van der Waals surface area contributed by atoms with Gasteiger partial charge >= 0.3 is 7.12 Å². The molecule has 0 saturated heterocycles. The van der Waals surface area contributed by atoms with Crippen LogP contribution >= 0.6 is 57.2 Å². The van der Waals surface area contributed by atoms with E-state index >= 15 is 0 Å². The van der Waals surface area contributed by atoms with Crippen molar-refractivity contribution in [1.82, 2.24) is 19.9 Å². The zero-order valence-corrected chi connectivity index (χ0v) is 50.2. The lowest BCUT2D eigenvalue weighted by Gasteiger charge is -2.08. The molecule has 0 saturated carbocycles. The van der Waals surface area contributed by atoms with Gasteiger partial charge in [0.05, 0.1) is 23.5 Å². The van der Waals surface area contributed by atoms with Crippen molar-refractivity contribution < 1.29 is 18.9 Å². The summed E-state index contributed by atoms with van der Waals surface area (Å²) in [5.74, 6) is 0. The highest BCUT2D eigenvalue weighted by Crippen LogP contribution is 2.44. The summed E-state index contributed by atoms with van der Waals surface area (Å²) in [7, 11) is -1.44. The van der Waals surface area contributed by atoms with E-state index in [9.17, 15) is 10.0 Å². The number of aromatic nitrogens is 4. The average molecular weight is 1230 g/mol. The average Bonchev–Trinajstić information content (AvgIpc) is 2.11. The van der Waals surface area contributed by atoms with Crippen LogP contribution in [0.15, 0.2) is 258 Å². The van der Waals surface area contributed by atoms with Gasteiger partial charge in [0.25, 0.3) is 0 Å². The third-order valence-electron chi connectivity index (χ3n) is 16.0. The summed E-state index contributed by atoms with van der Waals surface area (Å²) in [6.45, 7) is 0. The lowest BCUT2D eigenvalue weighted by Crippen LogP contribution is -2.29. The van der Waals surface area contributed by atoms with Gasteiger partial charge in [-0.1, -0.05) is 199 Å². The molecule has 0 aliphatic heterocycles. The molecule has 11 aromatic carbocycles. The minimum absolute atomic E-state index is 0.313. The summed E-state index contributed by atoms with van der Waals surface area (Å²) in [6.07, 6.45) is 3.36. The highest BCUT2D eigenvalue weighted by Gasteiger charge is 2.19. The normalized spacial score (nSPS) is 11.6. The third-order valence-corrected chi connectivity index (χ3v) is 20.1. The number of thiophene rings is 3. The smallest absolute Gasteiger partial charge is 0.436 e. The highest BCUT2D eigenvalue weighted by molar-refractivity contribution is 7.27. The molecule has 18 aromatic rings. The first-order chi connectivity index (χ1) is 43.2. The predicted molar refractivity (Wildman–Crippen MR) is 371 cm³/mol. The van der Waals surface area contributed by atoms with Crippen LogP contribution in [-0.2, 0) is 0 Å². The summed E-state index contributed by atoms with van der Waals surface area (Å²) >= 11 is 17.1. The first kappa shape index (κ1) is 53.8. The van der Waals surface area contributed by atoms with Gasteiger partial charge in [-0.25, -0.2) is 15.0 Å². The van der Waals surface area contributed by atoms with E-state index in [2.05, 4.69) is 198 Å². The molecule has 0 atom stereocenters. The zero-order valence-electron chi connectivity index (χ0n) is 46.2. The molecule has 0 bridgehead atoms. The second kappa shape index (κ2) is 22.3. The van der Waals surface area contributed by atoms with Gasteiger partial charge in [0.1, 0.15) is 22.2 Å². The molecule has 14 heteroatoms. The molecule has 0 unspecified atom stereocenters. The quantitative estimate of drug-likeness (QED) is 0.158. The Kier molecular flexibility index (Phi) is 13.6. The third kappa shape index (κ3) is 9.72. The molecule has 7 heterocycles. The Morgan fingerprint density at radius 2 is 0.784 bits per heavy atom. The van der Waals surface area contributed by atoms with Crippen molar-refractivity contribution in [3.05, 3.63) is 259 Å². The topological polar surface area (TPSA) is 118 Å². The molecule has 0 radical (unpaired) electrons. The second-order valence-corrected chi connectivity index (χ2v) is 25.3. The van der Waals surface area contributed by atoms with E-state index in [0.29, 0.717) is 38.2 Å². The van der Waals surface area contributed by atoms with E-state index in [1.54, 1.807) is 35.6 Å². The lowest BCUT2D eigenvalue weighted by molar-refractivity contribution is 0.426. The molecule has 0 fully saturated rings. The highest BCUT2D eigenvalue weighted by atomic mass is 35.5. The fourth-order valence-electron chi connectivity index (χ4n) is 11.8. The van der Waals surface area contributed by atoms with Crippen molar-refractivity contribution >= 4 is 175 Å². The van der Waals surface area contributed by atoms with Crippen LogP contribution in [-0.4, -0.2) is 37.1 Å². The standard InChI is InChI=1S/C46H26N2OS2.C18H13BO2S.C10H4Cl2N2O/c1-3-19-41-34(13-1)36-17-7-15-32(44(36)50-41)29-10-5-9-27(23-29)28-21-22-40-38(25-28)43-46(49-40)48-39(26-47-43)31-12-6-11-30(24-31)33-16-8-18-37-35-14-2-4-20-42(35)51-45(33)37;20-19(21)13-6-3-5-12(11-13)14-8-4-9-16-15-7-1-2-10-17(15)22-18(14)16;11-5-1-2-7-6(3-5)9-10(15-7)14-8(12)4-13-9/h1-26H;1-11,20-21H;1-4H. The van der Waals surface area contributed by atoms with Crippen LogP contribution in [0.4, 0.5) is 0 Å². The largest absolute Gasteiger partial charge is 0.488 e. The van der Waals surface area contributed by atoms with Crippen LogP contribution in [0.3, 0.4) is 0 Å². The fraction of sp³-hybridized carbons (Fsp3) is 0. The molecule has 7 aromatic heterocycles. The Morgan fingerprint density at radius 1 is 0.352 bits per heavy atom. The molecule has 0 aliphatic carbocycles. The molecule has 0 amide bonds. The monoisotopic (exact) mass is 1230 g/mol. The molecular formula is C74H43BCl2N4O4S3. The predicted octanol–water partition coefficient (Wildman–Crippen LogP) is 20.9. The molecule has 8 nitrogen and oxygen atoms in total. The molecule has 2 N–H and O–H groups in total. The number of furan rings is 2. The lowest BCUT2D eigenvalue weighted by atomic mass is 9.79. The van der Waals surface area contributed by atoms with Gasteiger partial charge in [0.15, 0.2) is 5.15 Å². The maximum Gasteiger partial charge on any atom is 0.488 e. The number of hydrogen-bond donors (Lipinski definition) is 2. The summed E-state index contributed by atoms with van der Waals surface area (Å²) in [6, 6.07) is 81.7.